The Morgan fingerprint density at radius 2 is 2.20 bits per heavy atom. The van der Waals surface area contributed by atoms with E-state index >= 15 is 0 Å². The van der Waals surface area contributed by atoms with E-state index in [1.54, 1.807) is 6.92 Å². The molecular formula is C16H19N3O. The van der Waals surface area contributed by atoms with E-state index in [1.165, 1.54) is 0 Å². The summed E-state index contributed by atoms with van der Waals surface area (Å²) < 4.78 is 0. The lowest BCUT2D eigenvalue weighted by Crippen LogP contribution is -2.44. The van der Waals surface area contributed by atoms with Crippen LogP contribution in [0.4, 0.5) is 5.69 Å². The summed E-state index contributed by atoms with van der Waals surface area (Å²) in [7, 11) is 0. The molecule has 104 valence electrons. The summed E-state index contributed by atoms with van der Waals surface area (Å²) >= 11 is 0. The van der Waals surface area contributed by atoms with Crippen molar-refractivity contribution in [2.45, 2.75) is 25.8 Å². The molecule has 0 aliphatic carbocycles. The molecule has 1 N–H and O–H groups in total. The molecule has 4 nitrogen and oxygen atoms in total. The molecule has 1 aliphatic heterocycles. The van der Waals surface area contributed by atoms with Crippen LogP contribution in [-0.4, -0.2) is 34.9 Å². The van der Waals surface area contributed by atoms with E-state index in [1.807, 2.05) is 35.4 Å². The third-order valence-corrected chi connectivity index (χ3v) is 3.88. The van der Waals surface area contributed by atoms with E-state index in [0.29, 0.717) is 6.04 Å². The van der Waals surface area contributed by atoms with Gasteiger partial charge in [0.1, 0.15) is 0 Å². The number of fused-ring (bicyclic) bond motifs is 1. The number of amides is 1. The van der Waals surface area contributed by atoms with E-state index in [4.69, 9.17) is 0 Å². The van der Waals surface area contributed by atoms with Gasteiger partial charge in [-0.3, -0.25) is 9.78 Å². The molecule has 2 aromatic rings. The van der Waals surface area contributed by atoms with Crippen LogP contribution in [0.15, 0.2) is 36.5 Å². The largest absolute Gasteiger partial charge is 0.380 e. The number of hydrogen-bond acceptors (Lipinski definition) is 3. The Hall–Kier alpha value is -2.10. The molecule has 1 aromatic heterocycles. The molecule has 1 amide bonds. The Labute approximate surface area is 118 Å². The minimum absolute atomic E-state index is 0.163. The second-order valence-electron chi connectivity index (χ2n) is 5.32. The lowest BCUT2D eigenvalue weighted by atomic mass is 10.0. The molecule has 0 saturated carbocycles. The molecule has 1 aromatic carbocycles. The van der Waals surface area contributed by atoms with Gasteiger partial charge in [-0.05, 0) is 25.0 Å². The van der Waals surface area contributed by atoms with Crippen molar-refractivity contribution in [3.63, 3.8) is 0 Å². The van der Waals surface area contributed by atoms with Crippen LogP contribution in [-0.2, 0) is 4.79 Å². The zero-order valence-corrected chi connectivity index (χ0v) is 11.7. The van der Waals surface area contributed by atoms with Crippen molar-refractivity contribution < 1.29 is 4.79 Å². The topological polar surface area (TPSA) is 45.2 Å². The van der Waals surface area contributed by atoms with Crippen molar-refractivity contribution in [3.8, 4) is 0 Å². The second-order valence-corrected chi connectivity index (χ2v) is 5.32. The first-order valence-corrected chi connectivity index (χ1v) is 7.10. The van der Waals surface area contributed by atoms with Gasteiger partial charge in [0.2, 0.25) is 5.91 Å². The van der Waals surface area contributed by atoms with Gasteiger partial charge in [0.05, 0.1) is 5.52 Å². The molecule has 1 saturated heterocycles. The van der Waals surface area contributed by atoms with E-state index < -0.39 is 0 Å². The number of nitrogens with one attached hydrogen (secondary N) is 1. The number of carbonyl (C=O) groups is 1. The number of carbonyl (C=O) groups excluding carboxylic acids is 1. The number of benzene rings is 1. The van der Waals surface area contributed by atoms with Crippen LogP contribution in [0.3, 0.4) is 0 Å². The molecule has 3 rings (SSSR count). The summed E-state index contributed by atoms with van der Waals surface area (Å²) in [4.78, 5) is 17.8. The summed E-state index contributed by atoms with van der Waals surface area (Å²) in [6.45, 7) is 3.31. The zero-order valence-electron chi connectivity index (χ0n) is 11.7. The van der Waals surface area contributed by atoms with Gasteiger partial charge in [0, 0.05) is 43.3 Å². The average molecular weight is 269 g/mol. The van der Waals surface area contributed by atoms with Crippen LogP contribution >= 0.6 is 0 Å². The summed E-state index contributed by atoms with van der Waals surface area (Å²) in [5.74, 6) is 0.163. The summed E-state index contributed by atoms with van der Waals surface area (Å²) in [5.41, 5.74) is 2.10. The molecule has 1 aliphatic rings. The number of nitrogens with zero attached hydrogens (tertiary/aromatic N) is 2. The summed E-state index contributed by atoms with van der Waals surface area (Å²) in [6.07, 6.45) is 3.98. The van der Waals surface area contributed by atoms with Gasteiger partial charge in [-0.15, -0.1) is 0 Å². The molecule has 1 atom stereocenters. The molecule has 2 heterocycles. The highest BCUT2D eigenvalue weighted by Crippen LogP contribution is 2.23. The normalized spacial score (nSPS) is 19.1. The molecule has 20 heavy (non-hydrogen) atoms. The number of pyridine rings is 1. The number of rotatable bonds is 2. The number of para-hydroxylation sites is 1. The first-order chi connectivity index (χ1) is 9.74. The number of likely N-dealkylation sites (tertiary alicyclic amines) is 1. The maximum absolute atomic E-state index is 11.5. The Kier molecular flexibility index (Phi) is 3.54. The monoisotopic (exact) mass is 269 g/mol. The predicted molar refractivity (Wildman–Crippen MR) is 80.6 cm³/mol. The fourth-order valence-electron chi connectivity index (χ4n) is 2.82. The quantitative estimate of drug-likeness (QED) is 0.911. The maximum Gasteiger partial charge on any atom is 0.219 e. The smallest absolute Gasteiger partial charge is 0.219 e. The predicted octanol–water partition coefficient (Wildman–Crippen LogP) is 2.66. The number of anilines is 1. The number of aromatic nitrogens is 1. The van der Waals surface area contributed by atoms with E-state index in [-0.39, 0.29) is 5.91 Å². The van der Waals surface area contributed by atoms with Gasteiger partial charge in [0.25, 0.3) is 0 Å². The van der Waals surface area contributed by atoms with Crippen molar-refractivity contribution in [2.24, 2.45) is 0 Å². The molecule has 4 heteroatoms. The Morgan fingerprint density at radius 1 is 1.35 bits per heavy atom. The standard InChI is InChI=1S/C16H19N3O/c1-12(20)19-10-4-5-13(11-19)18-16-8-9-17-15-7-3-2-6-14(15)16/h2-3,6-9,13H,4-5,10-11H2,1H3,(H,17,18)/t13-/m0/s1. The van der Waals surface area contributed by atoms with Crippen LogP contribution < -0.4 is 5.32 Å². The molecule has 0 spiro atoms. The lowest BCUT2D eigenvalue weighted by molar-refractivity contribution is -0.129. The zero-order chi connectivity index (χ0) is 13.9. The molecule has 0 unspecified atom stereocenters. The lowest BCUT2D eigenvalue weighted by Gasteiger charge is -2.33. The number of hydrogen-bond donors (Lipinski definition) is 1. The first kappa shape index (κ1) is 12.9. The van der Waals surface area contributed by atoms with Gasteiger partial charge in [-0.2, -0.15) is 0 Å². The Balaban J connectivity index is 1.81. The third kappa shape index (κ3) is 2.59. The van der Waals surface area contributed by atoms with Crippen molar-refractivity contribution in [3.05, 3.63) is 36.5 Å². The number of piperidine rings is 1. The van der Waals surface area contributed by atoms with Gasteiger partial charge in [0.15, 0.2) is 0 Å². The van der Waals surface area contributed by atoms with Crippen LogP contribution in [0, 0.1) is 0 Å². The SMILES string of the molecule is CC(=O)N1CCC[C@H](Nc2ccnc3ccccc23)C1. The van der Waals surface area contributed by atoms with Gasteiger partial charge >= 0.3 is 0 Å². The molecular weight excluding hydrogens is 250 g/mol. The van der Waals surface area contributed by atoms with Gasteiger partial charge in [-0.25, -0.2) is 0 Å². The van der Waals surface area contributed by atoms with E-state index in [2.05, 4.69) is 16.4 Å². The van der Waals surface area contributed by atoms with Crippen molar-refractivity contribution in [1.82, 2.24) is 9.88 Å². The molecule has 0 bridgehead atoms. The van der Waals surface area contributed by atoms with Crippen LogP contribution in [0.1, 0.15) is 19.8 Å². The fraction of sp³-hybridized carbons (Fsp3) is 0.375. The third-order valence-electron chi connectivity index (χ3n) is 3.88. The molecule has 1 fully saturated rings. The maximum atomic E-state index is 11.5. The minimum atomic E-state index is 0.163. The first-order valence-electron chi connectivity index (χ1n) is 7.10. The highest BCUT2D eigenvalue weighted by molar-refractivity contribution is 5.91. The average Bonchev–Trinajstić information content (AvgIpc) is 2.48. The van der Waals surface area contributed by atoms with Crippen LogP contribution in [0.25, 0.3) is 10.9 Å². The second kappa shape index (κ2) is 5.49. The van der Waals surface area contributed by atoms with Crippen molar-refractivity contribution in [1.29, 1.82) is 0 Å². The van der Waals surface area contributed by atoms with E-state index in [9.17, 15) is 4.79 Å². The van der Waals surface area contributed by atoms with Crippen molar-refractivity contribution in [2.75, 3.05) is 18.4 Å². The van der Waals surface area contributed by atoms with Crippen LogP contribution in [0.2, 0.25) is 0 Å². The van der Waals surface area contributed by atoms with Gasteiger partial charge in [-0.1, -0.05) is 18.2 Å². The van der Waals surface area contributed by atoms with Crippen LogP contribution in [0.5, 0.6) is 0 Å². The summed E-state index contributed by atoms with van der Waals surface area (Å²) in [5, 5.41) is 4.71. The van der Waals surface area contributed by atoms with Gasteiger partial charge < -0.3 is 10.2 Å². The van der Waals surface area contributed by atoms with Crippen molar-refractivity contribution >= 4 is 22.5 Å². The Morgan fingerprint density at radius 3 is 3.05 bits per heavy atom. The highest BCUT2D eigenvalue weighted by atomic mass is 16.2. The summed E-state index contributed by atoms with van der Waals surface area (Å²) in [6, 6.07) is 10.4. The minimum Gasteiger partial charge on any atom is -0.380 e. The Bertz CT molecular complexity index is 621. The molecule has 0 radical (unpaired) electrons. The highest BCUT2D eigenvalue weighted by Gasteiger charge is 2.21. The van der Waals surface area contributed by atoms with E-state index in [0.717, 1.165) is 42.5 Å². The fourth-order valence-corrected chi connectivity index (χ4v) is 2.82.